The van der Waals surface area contributed by atoms with Gasteiger partial charge in [0, 0.05) is 11.3 Å². The molecule has 3 N–H and O–H groups in total. The third kappa shape index (κ3) is 1.34. The van der Waals surface area contributed by atoms with E-state index >= 15 is 0 Å². The summed E-state index contributed by atoms with van der Waals surface area (Å²) in [6.07, 6.45) is 0. The van der Waals surface area contributed by atoms with E-state index < -0.39 is 0 Å². The first-order valence-corrected chi connectivity index (χ1v) is 3.36. The van der Waals surface area contributed by atoms with Crippen LogP contribution in [0.3, 0.4) is 0 Å². The van der Waals surface area contributed by atoms with Crippen LogP contribution in [0.25, 0.3) is 5.76 Å². The zero-order valence-electron chi connectivity index (χ0n) is 6.46. The van der Waals surface area contributed by atoms with Crippen LogP contribution in [0.5, 0.6) is 0 Å². The fourth-order valence-electron chi connectivity index (χ4n) is 1.08. The first-order valence-electron chi connectivity index (χ1n) is 3.36. The summed E-state index contributed by atoms with van der Waals surface area (Å²) in [5.41, 5.74) is 7.76. The van der Waals surface area contributed by atoms with Crippen molar-refractivity contribution in [1.82, 2.24) is 0 Å². The fourth-order valence-corrected chi connectivity index (χ4v) is 1.08. The van der Waals surface area contributed by atoms with E-state index in [9.17, 15) is 0 Å². The van der Waals surface area contributed by atoms with Crippen molar-refractivity contribution in [3.8, 4) is 0 Å². The van der Waals surface area contributed by atoms with Crippen molar-refractivity contribution >= 4 is 11.4 Å². The van der Waals surface area contributed by atoms with Crippen LogP contribution in [0.2, 0.25) is 0 Å². The van der Waals surface area contributed by atoms with E-state index in [1.54, 1.807) is 6.07 Å². The average Bonchev–Trinajstić information content (AvgIpc) is 1.85. The molecule has 2 nitrogen and oxygen atoms in total. The number of rotatable bonds is 1. The van der Waals surface area contributed by atoms with Gasteiger partial charge in [-0.3, -0.25) is 0 Å². The largest absolute Gasteiger partial charge is 0.508 e. The van der Waals surface area contributed by atoms with E-state index in [1.165, 1.54) is 0 Å². The van der Waals surface area contributed by atoms with Gasteiger partial charge in [0.1, 0.15) is 5.76 Å². The molecule has 11 heavy (non-hydrogen) atoms. The SMILES string of the molecule is C=C(O)c1c(C)cccc1N. The number of hydrogen-bond donors (Lipinski definition) is 2. The van der Waals surface area contributed by atoms with Crippen LogP contribution in [0.4, 0.5) is 5.69 Å². The van der Waals surface area contributed by atoms with Crippen LogP contribution < -0.4 is 5.73 Å². The highest BCUT2D eigenvalue weighted by Crippen LogP contribution is 2.21. The standard InChI is InChI=1S/C9H11NO/c1-6-4-3-5-8(10)9(6)7(2)11/h3-5,11H,2,10H2,1H3. The van der Waals surface area contributed by atoms with Gasteiger partial charge in [0.25, 0.3) is 0 Å². The quantitative estimate of drug-likeness (QED) is 0.474. The van der Waals surface area contributed by atoms with Crippen molar-refractivity contribution < 1.29 is 5.11 Å². The highest BCUT2D eigenvalue weighted by atomic mass is 16.3. The molecular weight excluding hydrogens is 138 g/mol. The molecule has 58 valence electrons. The van der Waals surface area contributed by atoms with Gasteiger partial charge in [-0.15, -0.1) is 0 Å². The Bertz CT molecular complexity index is 271. The van der Waals surface area contributed by atoms with Crippen LogP contribution in [-0.2, 0) is 0 Å². The van der Waals surface area contributed by atoms with Crippen LogP contribution in [0, 0.1) is 6.92 Å². The normalized spacial score (nSPS) is 9.55. The van der Waals surface area contributed by atoms with Crippen molar-refractivity contribution in [1.29, 1.82) is 0 Å². The molecule has 0 aliphatic rings. The average molecular weight is 149 g/mol. The number of hydrogen-bond acceptors (Lipinski definition) is 2. The smallest absolute Gasteiger partial charge is 0.117 e. The maximum absolute atomic E-state index is 9.11. The predicted molar refractivity (Wildman–Crippen MR) is 47.3 cm³/mol. The van der Waals surface area contributed by atoms with Gasteiger partial charge in [-0.05, 0) is 18.6 Å². The van der Waals surface area contributed by atoms with Gasteiger partial charge in [-0.1, -0.05) is 18.7 Å². The van der Waals surface area contributed by atoms with Crippen molar-refractivity contribution in [2.24, 2.45) is 0 Å². The molecule has 0 saturated heterocycles. The summed E-state index contributed by atoms with van der Waals surface area (Å²) in [5.74, 6) is 0.0283. The van der Waals surface area contributed by atoms with Crippen molar-refractivity contribution in [2.45, 2.75) is 6.92 Å². The zero-order valence-corrected chi connectivity index (χ0v) is 6.46. The lowest BCUT2D eigenvalue weighted by Gasteiger charge is -2.06. The van der Waals surface area contributed by atoms with Crippen LogP contribution in [0.1, 0.15) is 11.1 Å². The summed E-state index contributed by atoms with van der Waals surface area (Å²) in [5, 5.41) is 9.11. The molecule has 0 saturated carbocycles. The third-order valence-corrected chi connectivity index (χ3v) is 1.59. The molecule has 0 aliphatic carbocycles. The summed E-state index contributed by atoms with van der Waals surface area (Å²) in [7, 11) is 0. The van der Waals surface area contributed by atoms with Crippen molar-refractivity contribution in [3.05, 3.63) is 35.9 Å². The van der Waals surface area contributed by atoms with Gasteiger partial charge in [-0.2, -0.15) is 0 Å². The zero-order chi connectivity index (χ0) is 8.43. The van der Waals surface area contributed by atoms with Gasteiger partial charge >= 0.3 is 0 Å². The number of benzene rings is 1. The number of nitrogens with two attached hydrogens (primary N) is 1. The Morgan fingerprint density at radius 1 is 1.55 bits per heavy atom. The van der Waals surface area contributed by atoms with Gasteiger partial charge in [0.05, 0.1) is 0 Å². The van der Waals surface area contributed by atoms with E-state index in [1.807, 2.05) is 19.1 Å². The Morgan fingerprint density at radius 2 is 2.18 bits per heavy atom. The van der Waals surface area contributed by atoms with Gasteiger partial charge in [0.2, 0.25) is 0 Å². The molecule has 2 heteroatoms. The van der Waals surface area contributed by atoms with Gasteiger partial charge in [0.15, 0.2) is 0 Å². The molecule has 0 atom stereocenters. The Hall–Kier alpha value is -1.44. The molecular formula is C9H11NO. The first-order chi connectivity index (χ1) is 5.13. The van der Waals surface area contributed by atoms with Crippen molar-refractivity contribution in [2.75, 3.05) is 5.73 Å². The minimum Gasteiger partial charge on any atom is -0.508 e. The molecule has 0 fully saturated rings. The second kappa shape index (κ2) is 2.66. The number of anilines is 1. The Balaban J connectivity index is 3.32. The number of aliphatic hydroxyl groups is 1. The molecule has 0 aliphatic heterocycles. The molecule has 0 amide bonds. The second-order valence-corrected chi connectivity index (χ2v) is 2.49. The summed E-state index contributed by atoms with van der Waals surface area (Å²) in [6, 6.07) is 5.47. The lowest BCUT2D eigenvalue weighted by atomic mass is 10.1. The third-order valence-electron chi connectivity index (χ3n) is 1.59. The number of aliphatic hydroxyl groups excluding tert-OH is 1. The summed E-state index contributed by atoms with van der Waals surface area (Å²) in [6.45, 7) is 5.30. The maximum atomic E-state index is 9.11. The first kappa shape index (κ1) is 7.66. The molecule has 0 unspecified atom stereocenters. The lowest BCUT2D eigenvalue weighted by Crippen LogP contribution is -1.94. The Labute approximate surface area is 66.0 Å². The number of aryl methyl sites for hydroxylation is 1. The molecule has 0 radical (unpaired) electrons. The molecule has 0 spiro atoms. The number of nitrogen functional groups attached to an aromatic ring is 1. The molecule has 1 rings (SSSR count). The van der Waals surface area contributed by atoms with Gasteiger partial charge < -0.3 is 10.8 Å². The van der Waals surface area contributed by atoms with E-state index in [0.717, 1.165) is 5.56 Å². The minimum atomic E-state index is 0.0283. The highest BCUT2D eigenvalue weighted by molar-refractivity contribution is 5.71. The van der Waals surface area contributed by atoms with E-state index in [-0.39, 0.29) is 5.76 Å². The van der Waals surface area contributed by atoms with E-state index in [2.05, 4.69) is 6.58 Å². The van der Waals surface area contributed by atoms with Crippen LogP contribution in [-0.4, -0.2) is 5.11 Å². The van der Waals surface area contributed by atoms with E-state index in [0.29, 0.717) is 11.3 Å². The Kier molecular flexibility index (Phi) is 1.85. The molecule has 0 bridgehead atoms. The molecule has 1 aromatic carbocycles. The molecule has 0 aromatic heterocycles. The molecule has 1 aromatic rings. The van der Waals surface area contributed by atoms with E-state index in [4.69, 9.17) is 10.8 Å². The molecule has 0 heterocycles. The minimum absolute atomic E-state index is 0.0283. The highest BCUT2D eigenvalue weighted by Gasteiger charge is 2.03. The van der Waals surface area contributed by atoms with Crippen molar-refractivity contribution in [3.63, 3.8) is 0 Å². The van der Waals surface area contributed by atoms with Gasteiger partial charge in [-0.25, -0.2) is 0 Å². The van der Waals surface area contributed by atoms with Crippen LogP contribution >= 0.6 is 0 Å². The van der Waals surface area contributed by atoms with Crippen LogP contribution in [0.15, 0.2) is 24.8 Å². The Morgan fingerprint density at radius 3 is 2.55 bits per heavy atom. The summed E-state index contributed by atoms with van der Waals surface area (Å²) < 4.78 is 0. The predicted octanol–water partition coefficient (Wildman–Crippen LogP) is 2.11. The topological polar surface area (TPSA) is 46.2 Å². The summed E-state index contributed by atoms with van der Waals surface area (Å²) in [4.78, 5) is 0. The fraction of sp³-hybridized carbons (Fsp3) is 0.111. The lowest BCUT2D eigenvalue weighted by molar-refractivity contribution is 0.513. The second-order valence-electron chi connectivity index (χ2n) is 2.49. The summed E-state index contributed by atoms with van der Waals surface area (Å²) >= 11 is 0. The maximum Gasteiger partial charge on any atom is 0.117 e. The monoisotopic (exact) mass is 149 g/mol.